The summed E-state index contributed by atoms with van der Waals surface area (Å²) in [7, 11) is 0. The molecule has 3 nitrogen and oxygen atoms in total. The summed E-state index contributed by atoms with van der Waals surface area (Å²) in [4.78, 5) is 5.65. The monoisotopic (exact) mass is 262 g/mol. The molecule has 5 heteroatoms. The second kappa shape index (κ2) is 4.49. The zero-order chi connectivity index (χ0) is 12.5. The van der Waals surface area contributed by atoms with E-state index < -0.39 is 0 Å². The molecule has 3 rings (SSSR count). The average Bonchev–Trinajstić information content (AvgIpc) is 2.83. The third-order valence-corrected chi connectivity index (χ3v) is 4.16. The minimum atomic E-state index is -0.252. The quantitative estimate of drug-likeness (QED) is 0.632. The fourth-order valence-corrected chi connectivity index (χ4v) is 3.23. The van der Waals surface area contributed by atoms with E-state index in [1.165, 1.54) is 12.1 Å². The van der Waals surface area contributed by atoms with Crippen LogP contribution < -0.4 is 0 Å². The number of aromatic nitrogens is 1. The highest BCUT2D eigenvalue weighted by Crippen LogP contribution is 2.32. The van der Waals surface area contributed by atoms with Gasteiger partial charge in [-0.3, -0.25) is 0 Å². The minimum absolute atomic E-state index is 0.252. The van der Waals surface area contributed by atoms with E-state index in [0.717, 1.165) is 40.4 Å². The molecule has 0 saturated heterocycles. The summed E-state index contributed by atoms with van der Waals surface area (Å²) < 4.78 is 12.9. The Bertz CT molecular complexity index is 604. The molecule has 0 aliphatic heterocycles. The molecule has 1 heterocycles. The van der Waals surface area contributed by atoms with Gasteiger partial charge in [-0.2, -0.15) is 0 Å². The highest BCUT2D eigenvalue weighted by Gasteiger charge is 2.21. The van der Waals surface area contributed by atoms with Crippen molar-refractivity contribution in [1.82, 2.24) is 4.98 Å². The Morgan fingerprint density at radius 2 is 2.00 bits per heavy atom. The molecule has 1 aliphatic carbocycles. The highest BCUT2D eigenvalue weighted by molar-refractivity contribution is 7.15. The number of nitrogens with zero attached hydrogens (tertiary/aromatic N) is 2. The number of rotatable bonds is 1. The number of hydrogen-bond donors (Lipinski definition) is 1. The van der Waals surface area contributed by atoms with Gasteiger partial charge in [0.2, 0.25) is 0 Å². The largest absolute Gasteiger partial charge is 0.411 e. The molecule has 18 heavy (non-hydrogen) atoms. The van der Waals surface area contributed by atoms with Crippen LogP contribution in [0.4, 0.5) is 4.39 Å². The van der Waals surface area contributed by atoms with E-state index in [9.17, 15) is 4.39 Å². The third-order valence-electron chi connectivity index (χ3n) is 3.00. The van der Waals surface area contributed by atoms with Crippen LogP contribution in [-0.2, 0) is 6.42 Å². The van der Waals surface area contributed by atoms with E-state index in [1.54, 1.807) is 23.5 Å². The number of fused-ring (bicyclic) bond motifs is 1. The number of hydrogen-bond acceptors (Lipinski definition) is 4. The van der Waals surface area contributed by atoms with Crippen molar-refractivity contribution in [3.63, 3.8) is 0 Å². The van der Waals surface area contributed by atoms with Crippen LogP contribution >= 0.6 is 11.3 Å². The molecule has 0 fully saturated rings. The summed E-state index contributed by atoms with van der Waals surface area (Å²) >= 11 is 1.59. The molecule has 0 radical (unpaired) electrons. The van der Waals surface area contributed by atoms with Gasteiger partial charge in [0.15, 0.2) is 0 Å². The molecule has 2 aromatic rings. The smallest absolute Gasteiger partial charge is 0.124 e. The fourth-order valence-electron chi connectivity index (χ4n) is 2.09. The van der Waals surface area contributed by atoms with Gasteiger partial charge < -0.3 is 5.21 Å². The van der Waals surface area contributed by atoms with Gasteiger partial charge >= 0.3 is 0 Å². The van der Waals surface area contributed by atoms with Crippen molar-refractivity contribution in [2.75, 3.05) is 0 Å². The molecule has 0 saturated carbocycles. The molecule has 0 spiro atoms. The fraction of sp³-hybridized carbons (Fsp3) is 0.231. The van der Waals surface area contributed by atoms with E-state index >= 15 is 0 Å². The SMILES string of the molecule is O/N=C1/CCCc2sc(-c3ccc(F)cc3)nc21. The van der Waals surface area contributed by atoms with E-state index in [-0.39, 0.29) is 5.82 Å². The van der Waals surface area contributed by atoms with Crippen LogP contribution in [0, 0.1) is 5.82 Å². The number of thiazole rings is 1. The summed E-state index contributed by atoms with van der Waals surface area (Å²) in [6.07, 6.45) is 2.71. The van der Waals surface area contributed by atoms with Crippen molar-refractivity contribution in [3.05, 3.63) is 40.7 Å². The van der Waals surface area contributed by atoms with Crippen molar-refractivity contribution in [1.29, 1.82) is 0 Å². The Kier molecular flexibility index (Phi) is 2.83. The molecule has 0 atom stereocenters. The first-order valence-electron chi connectivity index (χ1n) is 5.75. The van der Waals surface area contributed by atoms with Crippen LogP contribution in [0.3, 0.4) is 0 Å². The summed E-state index contributed by atoms with van der Waals surface area (Å²) in [5.41, 5.74) is 2.35. The van der Waals surface area contributed by atoms with Gasteiger partial charge in [-0.25, -0.2) is 9.37 Å². The lowest BCUT2D eigenvalue weighted by Gasteiger charge is -2.09. The molecule has 0 unspecified atom stereocenters. The van der Waals surface area contributed by atoms with Crippen molar-refractivity contribution in [3.8, 4) is 10.6 Å². The van der Waals surface area contributed by atoms with Gasteiger partial charge in [-0.1, -0.05) is 5.16 Å². The molecule has 1 aliphatic rings. The van der Waals surface area contributed by atoms with Crippen LogP contribution in [0.1, 0.15) is 23.4 Å². The van der Waals surface area contributed by atoms with Gasteiger partial charge in [0.1, 0.15) is 22.2 Å². The Hall–Kier alpha value is -1.75. The average molecular weight is 262 g/mol. The maximum atomic E-state index is 12.9. The van der Waals surface area contributed by atoms with Crippen LogP contribution in [0.5, 0.6) is 0 Å². The van der Waals surface area contributed by atoms with E-state index in [1.807, 2.05) is 0 Å². The first kappa shape index (κ1) is 11.3. The molecule has 1 aromatic carbocycles. The first-order valence-corrected chi connectivity index (χ1v) is 6.56. The summed E-state index contributed by atoms with van der Waals surface area (Å²) in [6, 6.07) is 6.29. The Balaban J connectivity index is 2.05. The second-order valence-electron chi connectivity index (χ2n) is 4.20. The highest BCUT2D eigenvalue weighted by atomic mass is 32.1. The number of oxime groups is 1. The Morgan fingerprint density at radius 1 is 1.22 bits per heavy atom. The lowest BCUT2D eigenvalue weighted by Crippen LogP contribution is -2.10. The minimum Gasteiger partial charge on any atom is -0.411 e. The summed E-state index contributed by atoms with van der Waals surface area (Å²) in [5.74, 6) is -0.252. The molecular formula is C13H11FN2OS. The molecular weight excluding hydrogens is 251 g/mol. The normalized spacial score (nSPS) is 16.8. The summed E-state index contributed by atoms with van der Waals surface area (Å²) in [6.45, 7) is 0. The first-order chi connectivity index (χ1) is 8.78. The lowest BCUT2D eigenvalue weighted by molar-refractivity contribution is 0.317. The standard InChI is InChI=1S/C13H11FN2OS/c14-9-6-4-8(5-7-9)13-15-12-10(16-17)2-1-3-11(12)18-13/h4-7,17H,1-3H2/b16-10-. The van der Waals surface area contributed by atoms with E-state index in [4.69, 9.17) is 5.21 Å². The van der Waals surface area contributed by atoms with Crippen molar-refractivity contribution in [2.45, 2.75) is 19.3 Å². The number of halogens is 1. The van der Waals surface area contributed by atoms with Crippen molar-refractivity contribution in [2.24, 2.45) is 5.16 Å². The summed E-state index contributed by atoms with van der Waals surface area (Å²) in [5, 5.41) is 13.1. The molecule has 0 bridgehead atoms. The van der Waals surface area contributed by atoms with Gasteiger partial charge in [0, 0.05) is 10.4 Å². The van der Waals surface area contributed by atoms with Crippen LogP contribution in [-0.4, -0.2) is 15.9 Å². The van der Waals surface area contributed by atoms with Gasteiger partial charge in [0.05, 0.1) is 0 Å². The Labute approximate surface area is 108 Å². The zero-order valence-corrected chi connectivity index (χ0v) is 10.4. The second-order valence-corrected chi connectivity index (χ2v) is 5.28. The number of benzene rings is 1. The van der Waals surface area contributed by atoms with Crippen LogP contribution in [0.2, 0.25) is 0 Å². The van der Waals surface area contributed by atoms with E-state index in [0.29, 0.717) is 5.71 Å². The predicted octanol–water partition coefficient (Wildman–Crippen LogP) is 3.46. The van der Waals surface area contributed by atoms with Crippen molar-refractivity contribution < 1.29 is 9.60 Å². The van der Waals surface area contributed by atoms with Crippen LogP contribution in [0.15, 0.2) is 29.4 Å². The zero-order valence-electron chi connectivity index (χ0n) is 9.56. The van der Waals surface area contributed by atoms with Gasteiger partial charge in [0.25, 0.3) is 0 Å². The molecule has 1 aromatic heterocycles. The predicted molar refractivity (Wildman–Crippen MR) is 68.8 cm³/mol. The number of aryl methyl sites for hydroxylation is 1. The molecule has 1 N–H and O–H groups in total. The van der Waals surface area contributed by atoms with Gasteiger partial charge in [-0.05, 0) is 43.5 Å². The van der Waals surface area contributed by atoms with Gasteiger partial charge in [-0.15, -0.1) is 11.3 Å². The van der Waals surface area contributed by atoms with Crippen LogP contribution in [0.25, 0.3) is 10.6 Å². The topological polar surface area (TPSA) is 45.5 Å². The Morgan fingerprint density at radius 3 is 2.72 bits per heavy atom. The van der Waals surface area contributed by atoms with Crippen molar-refractivity contribution >= 4 is 17.0 Å². The molecule has 92 valence electrons. The third kappa shape index (κ3) is 1.90. The van der Waals surface area contributed by atoms with E-state index in [2.05, 4.69) is 10.1 Å². The molecule has 0 amide bonds. The maximum Gasteiger partial charge on any atom is 0.124 e. The lowest BCUT2D eigenvalue weighted by atomic mass is 10.0. The maximum absolute atomic E-state index is 12.9.